The van der Waals surface area contributed by atoms with Crippen molar-refractivity contribution in [2.45, 2.75) is 25.0 Å². The molecular weight excluding hydrogens is 256 g/mol. The zero-order valence-electron chi connectivity index (χ0n) is 9.44. The second-order valence-corrected chi connectivity index (χ2v) is 5.27. The lowest BCUT2D eigenvalue weighted by Crippen LogP contribution is -2.32. The average Bonchev–Trinajstić information content (AvgIpc) is 2.53. The van der Waals surface area contributed by atoms with Crippen LogP contribution in [0.15, 0.2) is 18.2 Å². The molecule has 1 aromatic heterocycles. The van der Waals surface area contributed by atoms with Crippen molar-refractivity contribution < 1.29 is 4.74 Å². The van der Waals surface area contributed by atoms with E-state index in [0.717, 1.165) is 33.7 Å². The first-order valence-electron chi connectivity index (χ1n) is 5.61. The number of hydrogen-bond donors (Lipinski definition) is 1. The summed E-state index contributed by atoms with van der Waals surface area (Å²) in [7, 11) is 1.76. The predicted octanol–water partition coefficient (Wildman–Crippen LogP) is 3.70. The van der Waals surface area contributed by atoms with Crippen molar-refractivity contribution in [2.24, 2.45) is 0 Å². The maximum atomic E-state index is 5.97. The number of aromatic nitrogens is 2. The summed E-state index contributed by atoms with van der Waals surface area (Å²) in [6, 6.07) is 6.28. The number of nitrogens with zero attached hydrogens (tertiary/aromatic N) is 1. The lowest BCUT2D eigenvalue weighted by molar-refractivity contribution is 0.00698. The van der Waals surface area contributed by atoms with Gasteiger partial charge in [0.15, 0.2) is 4.77 Å². The number of imidazole rings is 1. The fourth-order valence-electron chi connectivity index (χ4n) is 2.41. The number of H-pyrrole nitrogens is 1. The number of hydrogen-bond acceptors (Lipinski definition) is 2. The number of ether oxygens (including phenoxy) is 1. The summed E-state index contributed by atoms with van der Waals surface area (Å²) < 4.78 is 8.25. The molecule has 1 saturated carbocycles. The molecule has 1 heterocycles. The maximum Gasteiger partial charge on any atom is 0.178 e. The summed E-state index contributed by atoms with van der Waals surface area (Å²) in [6.07, 6.45) is 2.43. The highest BCUT2D eigenvalue weighted by atomic mass is 35.5. The molecular formula is C12H13ClN2OS. The van der Waals surface area contributed by atoms with Crippen molar-refractivity contribution in [1.29, 1.82) is 0 Å². The van der Waals surface area contributed by atoms with Gasteiger partial charge in [-0.15, -0.1) is 0 Å². The summed E-state index contributed by atoms with van der Waals surface area (Å²) in [4.78, 5) is 3.20. The van der Waals surface area contributed by atoms with Crippen LogP contribution >= 0.6 is 23.8 Å². The van der Waals surface area contributed by atoms with E-state index in [-0.39, 0.29) is 0 Å². The monoisotopic (exact) mass is 268 g/mol. The van der Waals surface area contributed by atoms with Gasteiger partial charge in [-0.2, -0.15) is 0 Å². The SMILES string of the molecule is COC1CC(n2c(=S)[nH]c3cc(Cl)ccc32)C1. The molecule has 1 fully saturated rings. The van der Waals surface area contributed by atoms with Gasteiger partial charge in [0, 0.05) is 18.2 Å². The van der Waals surface area contributed by atoms with Gasteiger partial charge in [-0.25, -0.2) is 0 Å². The second kappa shape index (κ2) is 4.12. The Balaban J connectivity index is 2.05. The van der Waals surface area contributed by atoms with Crippen LogP contribution in [0.3, 0.4) is 0 Å². The van der Waals surface area contributed by atoms with E-state index in [1.807, 2.05) is 18.2 Å². The molecule has 3 nitrogen and oxygen atoms in total. The van der Waals surface area contributed by atoms with Crippen LogP contribution in [0.25, 0.3) is 11.0 Å². The lowest BCUT2D eigenvalue weighted by Gasteiger charge is -2.35. The quantitative estimate of drug-likeness (QED) is 0.842. The Labute approximate surface area is 109 Å². The number of benzene rings is 1. The van der Waals surface area contributed by atoms with Gasteiger partial charge in [-0.1, -0.05) is 11.6 Å². The van der Waals surface area contributed by atoms with Crippen LogP contribution in [0.1, 0.15) is 18.9 Å². The molecule has 1 aliphatic carbocycles. The van der Waals surface area contributed by atoms with Crippen LogP contribution in [0.4, 0.5) is 0 Å². The summed E-state index contributed by atoms with van der Waals surface area (Å²) in [6.45, 7) is 0. The summed E-state index contributed by atoms with van der Waals surface area (Å²) in [5.74, 6) is 0. The van der Waals surface area contributed by atoms with Crippen molar-refractivity contribution in [3.05, 3.63) is 28.0 Å². The van der Waals surface area contributed by atoms with Crippen molar-refractivity contribution in [3.8, 4) is 0 Å². The molecule has 1 aliphatic rings. The normalized spacial score (nSPS) is 23.9. The Hall–Kier alpha value is -0.840. The first-order valence-corrected chi connectivity index (χ1v) is 6.40. The number of rotatable bonds is 2. The van der Waals surface area contributed by atoms with Gasteiger partial charge >= 0.3 is 0 Å². The molecule has 0 saturated heterocycles. The second-order valence-electron chi connectivity index (χ2n) is 4.44. The fourth-order valence-corrected chi connectivity index (χ4v) is 2.94. The first-order chi connectivity index (χ1) is 8.19. The van der Waals surface area contributed by atoms with Gasteiger partial charge in [0.25, 0.3) is 0 Å². The molecule has 1 N–H and O–H groups in total. The zero-order chi connectivity index (χ0) is 12.0. The lowest BCUT2D eigenvalue weighted by atomic mass is 9.89. The Morgan fingerprint density at radius 2 is 2.24 bits per heavy atom. The number of methoxy groups -OCH3 is 1. The molecule has 0 spiro atoms. The van der Waals surface area contributed by atoms with E-state index < -0.39 is 0 Å². The van der Waals surface area contributed by atoms with Crippen molar-refractivity contribution >= 4 is 34.9 Å². The fraction of sp³-hybridized carbons (Fsp3) is 0.417. The van der Waals surface area contributed by atoms with Crippen molar-refractivity contribution in [1.82, 2.24) is 9.55 Å². The molecule has 1 aromatic carbocycles. The molecule has 17 heavy (non-hydrogen) atoms. The summed E-state index contributed by atoms with van der Waals surface area (Å²) in [5.41, 5.74) is 2.13. The topological polar surface area (TPSA) is 29.9 Å². The average molecular weight is 269 g/mol. The smallest absolute Gasteiger partial charge is 0.178 e. The zero-order valence-corrected chi connectivity index (χ0v) is 11.0. The third-order valence-corrected chi connectivity index (χ3v) is 3.98. The Morgan fingerprint density at radius 3 is 2.94 bits per heavy atom. The van der Waals surface area contributed by atoms with Gasteiger partial charge in [-0.3, -0.25) is 0 Å². The van der Waals surface area contributed by atoms with Crippen LogP contribution < -0.4 is 0 Å². The molecule has 0 bridgehead atoms. The molecule has 0 amide bonds. The van der Waals surface area contributed by atoms with Crippen LogP contribution in [0, 0.1) is 4.77 Å². The van der Waals surface area contributed by atoms with E-state index >= 15 is 0 Å². The number of nitrogens with one attached hydrogen (secondary N) is 1. The molecule has 3 rings (SSSR count). The van der Waals surface area contributed by atoms with Gasteiger partial charge in [-0.05, 0) is 43.3 Å². The van der Waals surface area contributed by atoms with Crippen LogP contribution in [0.2, 0.25) is 5.02 Å². The highest BCUT2D eigenvalue weighted by molar-refractivity contribution is 7.71. The summed E-state index contributed by atoms with van der Waals surface area (Å²) >= 11 is 11.3. The largest absolute Gasteiger partial charge is 0.381 e. The van der Waals surface area contributed by atoms with Gasteiger partial charge in [0.05, 0.1) is 17.1 Å². The van der Waals surface area contributed by atoms with E-state index in [1.165, 1.54) is 0 Å². The van der Waals surface area contributed by atoms with Gasteiger partial charge in [0.2, 0.25) is 0 Å². The molecule has 0 aliphatic heterocycles. The van der Waals surface area contributed by atoms with Gasteiger partial charge < -0.3 is 14.3 Å². The molecule has 5 heteroatoms. The first kappa shape index (κ1) is 11.3. The third-order valence-electron chi connectivity index (χ3n) is 3.45. The van der Waals surface area contributed by atoms with Crippen LogP contribution in [-0.2, 0) is 4.74 Å². The van der Waals surface area contributed by atoms with Crippen LogP contribution in [0.5, 0.6) is 0 Å². The van der Waals surface area contributed by atoms with Crippen molar-refractivity contribution in [2.75, 3.05) is 7.11 Å². The van der Waals surface area contributed by atoms with E-state index in [2.05, 4.69) is 9.55 Å². The minimum atomic E-state index is 0.374. The van der Waals surface area contributed by atoms with E-state index in [0.29, 0.717) is 12.1 Å². The predicted molar refractivity (Wildman–Crippen MR) is 71.2 cm³/mol. The Bertz CT molecular complexity index is 612. The Kier molecular flexibility index (Phi) is 2.73. The molecule has 0 radical (unpaired) electrons. The van der Waals surface area contributed by atoms with Crippen molar-refractivity contribution in [3.63, 3.8) is 0 Å². The van der Waals surface area contributed by atoms with E-state index in [9.17, 15) is 0 Å². The molecule has 2 aromatic rings. The summed E-state index contributed by atoms with van der Waals surface area (Å²) in [5, 5.41) is 0.726. The third kappa shape index (κ3) is 1.80. The standard InChI is InChI=1S/C12H13ClN2OS/c1-16-9-5-8(6-9)15-11-3-2-7(13)4-10(11)14-12(15)17/h2-4,8-9H,5-6H2,1H3,(H,14,17). The van der Waals surface area contributed by atoms with E-state index in [1.54, 1.807) is 7.11 Å². The highest BCUT2D eigenvalue weighted by Gasteiger charge is 2.31. The number of halogens is 1. The molecule has 0 unspecified atom stereocenters. The maximum absolute atomic E-state index is 5.97. The molecule has 0 atom stereocenters. The van der Waals surface area contributed by atoms with Gasteiger partial charge in [0.1, 0.15) is 0 Å². The van der Waals surface area contributed by atoms with Crippen LogP contribution in [-0.4, -0.2) is 22.8 Å². The molecule has 90 valence electrons. The Morgan fingerprint density at radius 1 is 1.47 bits per heavy atom. The minimum absolute atomic E-state index is 0.374. The van der Waals surface area contributed by atoms with E-state index in [4.69, 9.17) is 28.6 Å². The number of aromatic amines is 1. The highest BCUT2D eigenvalue weighted by Crippen LogP contribution is 2.36. The number of fused-ring (bicyclic) bond motifs is 1. The minimum Gasteiger partial charge on any atom is -0.381 e.